The predicted octanol–water partition coefficient (Wildman–Crippen LogP) is 4.23. The second-order valence-electron chi connectivity index (χ2n) is 7.19. The van der Waals surface area contributed by atoms with Crippen molar-refractivity contribution < 1.29 is 0 Å². The minimum absolute atomic E-state index is 0.166. The van der Waals surface area contributed by atoms with E-state index < -0.39 is 0 Å². The summed E-state index contributed by atoms with van der Waals surface area (Å²) in [5.74, 6) is 1.29. The molecule has 2 aromatic heterocycles. The first-order valence-corrected chi connectivity index (χ1v) is 7.91. The van der Waals surface area contributed by atoms with Crippen molar-refractivity contribution in [2.24, 2.45) is 22.7 Å². The highest BCUT2D eigenvalue weighted by Gasteiger charge is 2.76. The lowest BCUT2D eigenvalue weighted by atomic mass is 9.79. The minimum Gasteiger partial charge on any atom is -0.265 e. The number of aromatic nitrogens is 2. The molecule has 0 spiro atoms. The molecule has 0 N–H and O–H groups in total. The Morgan fingerprint density at radius 3 is 1.50 bits per heavy atom. The molecule has 1 fully saturated rings. The van der Waals surface area contributed by atoms with Gasteiger partial charge in [-0.3, -0.25) is 9.97 Å². The molecule has 0 aromatic carbocycles. The van der Waals surface area contributed by atoms with Crippen LogP contribution in [0.2, 0.25) is 0 Å². The van der Waals surface area contributed by atoms with Crippen LogP contribution < -0.4 is 0 Å². The number of nitrogens with zero attached hydrogens (tertiary/aromatic N) is 2. The average Bonchev–Trinajstić information content (AvgIpc) is 3.08. The first kappa shape index (κ1) is 12.3. The molecule has 108 valence electrons. The summed E-state index contributed by atoms with van der Waals surface area (Å²) < 4.78 is 0. The van der Waals surface area contributed by atoms with E-state index in [1.165, 1.54) is 22.3 Å². The molecule has 2 aromatic rings. The number of hydrogen-bond acceptors (Lipinski definition) is 2. The van der Waals surface area contributed by atoms with Gasteiger partial charge < -0.3 is 0 Å². The van der Waals surface area contributed by atoms with Crippen molar-refractivity contribution in [3.63, 3.8) is 0 Å². The van der Waals surface area contributed by atoms with E-state index >= 15 is 0 Å². The van der Waals surface area contributed by atoms with Gasteiger partial charge in [0.15, 0.2) is 0 Å². The lowest BCUT2D eigenvalue weighted by Crippen LogP contribution is -2.18. The first-order chi connectivity index (χ1) is 10.7. The highest BCUT2D eigenvalue weighted by Crippen LogP contribution is 2.83. The Morgan fingerprint density at radius 1 is 0.727 bits per heavy atom. The van der Waals surface area contributed by atoms with Gasteiger partial charge >= 0.3 is 0 Å². The molecule has 22 heavy (non-hydrogen) atoms. The molecule has 3 aliphatic carbocycles. The van der Waals surface area contributed by atoms with Crippen molar-refractivity contribution >= 4 is 11.1 Å². The molecular formula is C20H18N2. The van der Waals surface area contributed by atoms with Gasteiger partial charge in [0.1, 0.15) is 0 Å². The van der Waals surface area contributed by atoms with Gasteiger partial charge in [-0.2, -0.15) is 0 Å². The molecule has 0 amide bonds. The Labute approximate surface area is 130 Å². The smallest absolute Gasteiger partial charge is 0.0273 e. The van der Waals surface area contributed by atoms with Crippen molar-refractivity contribution in [1.29, 1.82) is 0 Å². The van der Waals surface area contributed by atoms with Gasteiger partial charge in [0, 0.05) is 30.2 Å². The summed E-state index contributed by atoms with van der Waals surface area (Å²) in [7, 11) is 0. The Morgan fingerprint density at radius 2 is 1.14 bits per heavy atom. The largest absolute Gasteiger partial charge is 0.265 e. The molecule has 0 saturated heterocycles. The summed E-state index contributed by atoms with van der Waals surface area (Å²) in [5.41, 5.74) is 6.21. The number of pyridine rings is 2. The number of allylic oxidation sites excluding steroid dienone is 4. The van der Waals surface area contributed by atoms with Gasteiger partial charge in [-0.1, -0.05) is 26.0 Å². The lowest BCUT2D eigenvalue weighted by molar-refractivity contribution is 0.333. The minimum atomic E-state index is 0.166. The third kappa shape index (κ3) is 1.27. The Bertz CT molecular complexity index is 754. The third-order valence-corrected chi connectivity index (χ3v) is 6.29. The molecule has 5 rings (SSSR count). The van der Waals surface area contributed by atoms with Gasteiger partial charge in [0.25, 0.3) is 0 Å². The first-order valence-electron chi connectivity index (χ1n) is 7.91. The summed E-state index contributed by atoms with van der Waals surface area (Å²) in [4.78, 5) is 8.32. The Hall–Kier alpha value is -2.22. The lowest BCUT2D eigenvalue weighted by Gasteiger charge is -2.24. The molecular weight excluding hydrogens is 268 g/mol. The second kappa shape index (κ2) is 3.75. The number of fused-ring (bicyclic) bond motifs is 1. The number of rotatable bonds is 2. The summed E-state index contributed by atoms with van der Waals surface area (Å²) in [6.45, 7) is 4.85. The van der Waals surface area contributed by atoms with Crippen LogP contribution in [-0.4, -0.2) is 9.97 Å². The molecule has 4 atom stereocenters. The topological polar surface area (TPSA) is 25.8 Å². The molecule has 3 aliphatic rings. The maximum absolute atomic E-state index is 4.16. The third-order valence-electron chi connectivity index (χ3n) is 6.29. The van der Waals surface area contributed by atoms with E-state index in [1.807, 2.05) is 24.8 Å². The zero-order chi connectivity index (χ0) is 14.9. The molecule has 0 aliphatic heterocycles. The van der Waals surface area contributed by atoms with Crippen LogP contribution in [0.4, 0.5) is 0 Å². The quantitative estimate of drug-likeness (QED) is 0.825. The van der Waals surface area contributed by atoms with Crippen LogP contribution in [0.1, 0.15) is 25.0 Å². The Balaban J connectivity index is 1.61. The molecule has 2 heteroatoms. The summed E-state index contributed by atoms with van der Waals surface area (Å²) in [6, 6.07) is 8.57. The predicted molar refractivity (Wildman–Crippen MR) is 87.6 cm³/mol. The molecule has 0 radical (unpaired) electrons. The highest BCUT2D eigenvalue weighted by molar-refractivity contribution is 5.89. The van der Waals surface area contributed by atoms with Crippen LogP contribution in [0, 0.1) is 22.7 Å². The van der Waals surface area contributed by atoms with Crippen molar-refractivity contribution in [3.8, 4) is 0 Å². The van der Waals surface area contributed by atoms with Crippen molar-refractivity contribution in [2.45, 2.75) is 13.8 Å². The molecule has 2 heterocycles. The van der Waals surface area contributed by atoms with Crippen LogP contribution in [0.25, 0.3) is 11.1 Å². The van der Waals surface area contributed by atoms with E-state index in [-0.39, 0.29) is 5.41 Å². The van der Waals surface area contributed by atoms with E-state index in [0.29, 0.717) is 17.3 Å². The van der Waals surface area contributed by atoms with Gasteiger partial charge in [0.2, 0.25) is 0 Å². The van der Waals surface area contributed by atoms with Crippen LogP contribution in [0.15, 0.2) is 61.2 Å². The van der Waals surface area contributed by atoms with Crippen LogP contribution in [0.5, 0.6) is 0 Å². The standard InChI is InChI=1S/C20H18N2/c1-19-11-15(13-3-7-21-8-4-13)17-18(20(17,19)2)16(12-19)14-5-9-22-10-6-14/h3-12,17-18H,1-2H3/t17-,18+,19?,20?. The van der Waals surface area contributed by atoms with Gasteiger partial charge in [-0.15, -0.1) is 0 Å². The van der Waals surface area contributed by atoms with E-state index in [1.54, 1.807) is 0 Å². The fraction of sp³-hybridized carbons (Fsp3) is 0.300. The van der Waals surface area contributed by atoms with Gasteiger partial charge in [-0.25, -0.2) is 0 Å². The average molecular weight is 286 g/mol. The van der Waals surface area contributed by atoms with Crippen LogP contribution in [0.3, 0.4) is 0 Å². The van der Waals surface area contributed by atoms with E-state index in [4.69, 9.17) is 0 Å². The summed E-state index contributed by atoms with van der Waals surface area (Å²) in [6.07, 6.45) is 12.6. The molecule has 0 bridgehead atoms. The van der Waals surface area contributed by atoms with E-state index in [2.05, 4.69) is 60.2 Å². The number of hydrogen-bond donors (Lipinski definition) is 0. The summed E-state index contributed by atoms with van der Waals surface area (Å²) in [5, 5.41) is 0. The van der Waals surface area contributed by atoms with Crippen LogP contribution >= 0.6 is 0 Å². The maximum atomic E-state index is 4.16. The molecule has 1 saturated carbocycles. The zero-order valence-electron chi connectivity index (χ0n) is 12.8. The maximum Gasteiger partial charge on any atom is 0.0273 e. The Kier molecular flexibility index (Phi) is 2.10. The molecule has 2 unspecified atom stereocenters. The second-order valence-corrected chi connectivity index (χ2v) is 7.19. The van der Waals surface area contributed by atoms with Gasteiger partial charge in [0.05, 0.1) is 0 Å². The van der Waals surface area contributed by atoms with E-state index in [0.717, 1.165) is 0 Å². The fourth-order valence-corrected chi connectivity index (χ4v) is 4.98. The highest BCUT2D eigenvalue weighted by atomic mass is 14.8. The van der Waals surface area contributed by atoms with Crippen molar-refractivity contribution in [2.75, 3.05) is 0 Å². The SMILES string of the molecule is CC12C=C(c3ccncc3)[C@@H]3[C@H](C(c4ccncc4)=C1)C32C. The van der Waals surface area contributed by atoms with Gasteiger partial charge in [-0.05, 0) is 63.8 Å². The normalized spacial score (nSPS) is 37.5. The van der Waals surface area contributed by atoms with Crippen molar-refractivity contribution in [1.82, 2.24) is 9.97 Å². The van der Waals surface area contributed by atoms with Crippen LogP contribution in [-0.2, 0) is 0 Å². The molecule has 2 nitrogen and oxygen atoms in total. The van der Waals surface area contributed by atoms with E-state index in [9.17, 15) is 0 Å². The fourth-order valence-electron chi connectivity index (χ4n) is 4.98. The zero-order valence-corrected chi connectivity index (χ0v) is 12.8. The summed E-state index contributed by atoms with van der Waals surface area (Å²) >= 11 is 0. The monoisotopic (exact) mass is 286 g/mol. The van der Waals surface area contributed by atoms with Crippen molar-refractivity contribution in [3.05, 3.63) is 72.3 Å².